The quantitative estimate of drug-likeness (QED) is 0.805. The monoisotopic (exact) mass is 237 g/mol. The highest BCUT2D eigenvalue weighted by Crippen LogP contribution is 2.32. The molecule has 0 saturated heterocycles. The maximum Gasteiger partial charge on any atom is 0.153 e. The third-order valence-electron chi connectivity index (χ3n) is 2.03. The largest absolute Gasteiger partial charge is 0.454 e. The summed E-state index contributed by atoms with van der Waals surface area (Å²) in [4.78, 5) is 0. The molecule has 0 fully saturated rings. The van der Waals surface area contributed by atoms with Gasteiger partial charge in [-0.25, -0.2) is 4.39 Å². The standard InChI is InChI=1S/C12H9ClFNO/c13-9-3-1-2-4-11(9)16-12-7-8(14)5-6-10(12)15/h1-7H,15H2. The van der Waals surface area contributed by atoms with E-state index in [1.807, 2.05) is 0 Å². The van der Waals surface area contributed by atoms with Crippen molar-refractivity contribution < 1.29 is 9.13 Å². The number of hydrogen-bond donors (Lipinski definition) is 1. The summed E-state index contributed by atoms with van der Waals surface area (Å²) >= 11 is 5.91. The molecule has 2 aromatic rings. The second kappa shape index (κ2) is 4.41. The number of ether oxygens (including phenoxy) is 1. The summed E-state index contributed by atoms with van der Waals surface area (Å²) in [5, 5.41) is 0.450. The van der Waals surface area contributed by atoms with Gasteiger partial charge in [0.2, 0.25) is 0 Å². The molecule has 0 bridgehead atoms. The molecule has 0 radical (unpaired) electrons. The normalized spacial score (nSPS) is 10.1. The molecule has 2 nitrogen and oxygen atoms in total. The van der Waals surface area contributed by atoms with Crippen LogP contribution >= 0.6 is 11.6 Å². The van der Waals surface area contributed by atoms with Gasteiger partial charge >= 0.3 is 0 Å². The van der Waals surface area contributed by atoms with Crippen LogP contribution in [0.4, 0.5) is 10.1 Å². The third-order valence-corrected chi connectivity index (χ3v) is 2.34. The van der Waals surface area contributed by atoms with E-state index in [1.54, 1.807) is 24.3 Å². The Morgan fingerprint density at radius 1 is 1.06 bits per heavy atom. The molecule has 0 unspecified atom stereocenters. The van der Waals surface area contributed by atoms with Crippen LogP contribution in [-0.2, 0) is 0 Å². The van der Waals surface area contributed by atoms with Gasteiger partial charge in [0, 0.05) is 6.07 Å². The number of hydrogen-bond acceptors (Lipinski definition) is 2. The van der Waals surface area contributed by atoms with E-state index in [2.05, 4.69) is 0 Å². The molecule has 0 amide bonds. The first-order chi connectivity index (χ1) is 7.66. The molecule has 2 aromatic carbocycles. The van der Waals surface area contributed by atoms with Gasteiger partial charge < -0.3 is 10.5 Å². The fourth-order valence-electron chi connectivity index (χ4n) is 1.24. The summed E-state index contributed by atoms with van der Waals surface area (Å²) < 4.78 is 18.4. The molecule has 0 aliphatic heterocycles. The zero-order chi connectivity index (χ0) is 11.5. The van der Waals surface area contributed by atoms with E-state index in [0.29, 0.717) is 16.5 Å². The molecule has 0 aliphatic rings. The number of rotatable bonds is 2. The van der Waals surface area contributed by atoms with E-state index in [4.69, 9.17) is 22.1 Å². The highest BCUT2D eigenvalue weighted by molar-refractivity contribution is 6.32. The van der Waals surface area contributed by atoms with Crippen molar-refractivity contribution in [2.45, 2.75) is 0 Å². The second-order valence-electron chi connectivity index (χ2n) is 3.21. The molecule has 2 N–H and O–H groups in total. The minimum Gasteiger partial charge on any atom is -0.454 e. The fourth-order valence-corrected chi connectivity index (χ4v) is 1.42. The summed E-state index contributed by atoms with van der Waals surface area (Å²) in [7, 11) is 0. The highest BCUT2D eigenvalue weighted by atomic mass is 35.5. The molecule has 4 heteroatoms. The number of benzene rings is 2. The molecule has 82 valence electrons. The Bertz CT molecular complexity index is 516. The van der Waals surface area contributed by atoms with E-state index in [9.17, 15) is 4.39 Å². The molecule has 0 aliphatic carbocycles. The maximum atomic E-state index is 13.0. The van der Waals surface area contributed by atoms with Crippen molar-refractivity contribution in [1.82, 2.24) is 0 Å². The molecular formula is C12H9ClFNO. The highest BCUT2D eigenvalue weighted by Gasteiger charge is 2.06. The summed E-state index contributed by atoms with van der Waals surface area (Å²) in [5.41, 5.74) is 6.01. The van der Waals surface area contributed by atoms with Gasteiger partial charge in [-0.05, 0) is 24.3 Å². The number of para-hydroxylation sites is 1. The van der Waals surface area contributed by atoms with Gasteiger partial charge in [-0.2, -0.15) is 0 Å². The molecule has 16 heavy (non-hydrogen) atoms. The van der Waals surface area contributed by atoms with Crippen LogP contribution in [0, 0.1) is 5.82 Å². The van der Waals surface area contributed by atoms with Crippen LogP contribution in [0.2, 0.25) is 5.02 Å². The Kier molecular flexibility index (Phi) is 2.97. The van der Waals surface area contributed by atoms with Crippen molar-refractivity contribution in [3.63, 3.8) is 0 Å². The average Bonchev–Trinajstić information content (AvgIpc) is 2.27. The lowest BCUT2D eigenvalue weighted by molar-refractivity contribution is 0.479. The number of halogens is 2. The van der Waals surface area contributed by atoms with Crippen LogP contribution in [0.1, 0.15) is 0 Å². The predicted molar refractivity (Wildman–Crippen MR) is 62.3 cm³/mol. The van der Waals surface area contributed by atoms with E-state index in [-0.39, 0.29) is 5.75 Å². The molecule has 0 atom stereocenters. The molecule has 0 heterocycles. The Balaban J connectivity index is 2.34. The first-order valence-electron chi connectivity index (χ1n) is 4.64. The van der Waals surface area contributed by atoms with Crippen molar-refractivity contribution in [2.75, 3.05) is 5.73 Å². The zero-order valence-corrected chi connectivity index (χ0v) is 9.04. The first kappa shape index (κ1) is 10.8. The van der Waals surface area contributed by atoms with Gasteiger partial charge in [-0.15, -0.1) is 0 Å². The molecule has 0 aromatic heterocycles. The van der Waals surface area contributed by atoms with Gasteiger partial charge in [0.05, 0.1) is 10.7 Å². The van der Waals surface area contributed by atoms with Crippen molar-refractivity contribution >= 4 is 17.3 Å². The minimum atomic E-state index is -0.406. The van der Waals surface area contributed by atoms with E-state index < -0.39 is 5.82 Å². The lowest BCUT2D eigenvalue weighted by Gasteiger charge is -2.09. The maximum absolute atomic E-state index is 13.0. The SMILES string of the molecule is Nc1ccc(F)cc1Oc1ccccc1Cl. The van der Waals surface area contributed by atoms with E-state index in [1.165, 1.54) is 18.2 Å². The third kappa shape index (κ3) is 2.25. The van der Waals surface area contributed by atoms with Gasteiger partial charge in [0.25, 0.3) is 0 Å². The van der Waals surface area contributed by atoms with E-state index >= 15 is 0 Å². The van der Waals surface area contributed by atoms with Crippen LogP contribution in [-0.4, -0.2) is 0 Å². The zero-order valence-electron chi connectivity index (χ0n) is 8.28. The Morgan fingerprint density at radius 2 is 1.81 bits per heavy atom. The van der Waals surface area contributed by atoms with Gasteiger partial charge in [-0.1, -0.05) is 23.7 Å². The minimum absolute atomic E-state index is 0.258. The van der Waals surface area contributed by atoms with Crippen molar-refractivity contribution in [2.24, 2.45) is 0 Å². The van der Waals surface area contributed by atoms with Crippen molar-refractivity contribution in [3.05, 3.63) is 53.3 Å². The van der Waals surface area contributed by atoms with Gasteiger partial charge in [-0.3, -0.25) is 0 Å². The summed E-state index contributed by atoms with van der Waals surface area (Å²) in [6.07, 6.45) is 0. The Morgan fingerprint density at radius 3 is 2.56 bits per heavy atom. The van der Waals surface area contributed by atoms with Crippen LogP contribution < -0.4 is 10.5 Å². The second-order valence-corrected chi connectivity index (χ2v) is 3.62. The average molecular weight is 238 g/mol. The van der Waals surface area contributed by atoms with Gasteiger partial charge in [0.15, 0.2) is 5.75 Å². The summed E-state index contributed by atoms with van der Waals surface area (Å²) in [5.74, 6) is 0.297. The number of nitrogens with two attached hydrogens (primary N) is 1. The van der Waals surface area contributed by atoms with E-state index in [0.717, 1.165) is 0 Å². The van der Waals surface area contributed by atoms with Crippen LogP contribution in [0.25, 0.3) is 0 Å². The summed E-state index contributed by atoms with van der Waals surface area (Å²) in [6, 6.07) is 10.9. The molecule has 0 saturated carbocycles. The first-order valence-corrected chi connectivity index (χ1v) is 5.02. The molecular weight excluding hydrogens is 229 g/mol. The summed E-state index contributed by atoms with van der Waals surface area (Å²) in [6.45, 7) is 0. The molecule has 2 rings (SSSR count). The smallest absolute Gasteiger partial charge is 0.153 e. The molecule has 0 spiro atoms. The van der Waals surface area contributed by atoms with Crippen LogP contribution in [0.3, 0.4) is 0 Å². The fraction of sp³-hybridized carbons (Fsp3) is 0. The van der Waals surface area contributed by atoms with Gasteiger partial charge in [0.1, 0.15) is 11.6 Å². The van der Waals surface area contributed by atoms with Crippen molar-refractivity contribution in [1.29, 1.82) is 0 Å². The lowest BCUT2D eigenvalue weighted by atomic mass is 10.3. The Hall–Kier alpha value is -1.74. The number of anilines is 1. The van der Waals surface area contributed by atoms with Crippen LogP contribution in [0.5, 0.6) is 11.5 Å². The lowest BCUT2D eigenvalue weighted by Crippen LogP contribution is -1.93. The topological polar surface area (TPSA) is 35.2 Å². The van der Waals surface area contributed by atoms with Crippen LogP contribution in [0.15, 0.2) is 42.5 Å². The Labute approximate surface area is 97.4 Å². The van der Waals surface area contributed by atoms with Crippen molar-refractivity contribution in [3.8, 4) is 11.5 Å². The predicted octanol–water partition coefficient (Wildman–Crippen LogP) is 3.85. The number of nitrogen functional groups attached to an aromatic ring is 1.